The first-order valence-electron chi connectivity index (χ1n) is 7.60. The molecule has 0 aliphatic heterocycles. The molecule has 0 atom stereocenters. The molecule has 0 bridgehead atoms. The van der Waals surface area contributed by atoms with E-state index in [9.17, 15) is 0 Å². The largest absolute Gasteiger partial charge is 0.388 e. The molecule has 0 saturated carbocycles. The summed E-state index contributed by atoms with van der Waals surface area (Å²) in [6.07, 6.45) is 9.10. The van der Waals surface area contributed by atoms with Crippen LogP contribution < -0.4 is 10.6 Å². The molecule has 120 valence electrons. The van der Waals surface area contributed by atoms with Crippen molar-refractivity contribution in [2.75, 3.05) is 17.7 Å². The Kier molecular flexibility index (Phi) is 3.38. The van der Waals surface area contributed by atoms with Crippen LogP contribution in [0.3, 0.4) is 0 Å². The summed E-state index contributed by atoms with van der Waals surface area (Å²) in [5.74, 6) is 0.708. The Morgan fingerprint density at radius 3 is 2.71 bits per heavy atom. The molecule has 3 heterocycles. The zero-order valence-corrected chi connectivity index (χ0v) is 13.4. The summed E-state index contributed by atoms with van der Waals surface area (Å²) in [7, 11) is 3.86. The summed E-state index contributed by atoms with van der Waals surface area (Å²) in [5, 5.41) is 6.47. The molecule has 4 rings (SSSR count). The molecular formula is C17H17N7. The van der Waals surface area contributed by atoms with Gasteiger partial charge in [-0.2, -0.15) is 0 Å². The van der Waals surface area contributed by atoms with Gasteiger partial charge in [0, 0.05) is 37.9 Å². The molecule has 0 spiro atoms. The van der Waals surface area contributed by atoms with Crippen LogP contribution in [-0.4, -0.2) is 31.0 Å². The van der Waals surface area contributed by atoms with E-state index in [2.05, 4.69) is 25.6 Å². The quantitative estimate of drug-likeness (QED) is 0.605. The number of anilines is 3. The Bertz CT molecular complexity index is 999. The molecule has 0 unspecified atom stereocenters. The zero-order valence-electron chi connectivity index (χ0n) is 13.4. The topological polar surface area (TPSA) is 72.1 Å². The molecule has 7 nitrogen and oxygen atoms in total. The Labute approximate surface area is 139 Å². The molecule has 0 fully saturated rings. The Morgan fingerprint density at radius 2 is 1.92 bits per heavy atom. The molecular weight excluding hydrogens is 302 g/mol. The average molecular weight is 319 g/mol. The highest BCUT2D eigenvalue weighted by Crippen LogP contribution is 2.25. The van der Waals surface area contributed by atoms with Gasteiger partial charge in [-0.3, -0.25) is 4.40 Å². The molecule has 24 heavy (non-hydrogen) atoms. The molecule has 4 aromatic rings. The highest BCUT2D eigenvalue weighted by molar-refractivity contribution is 5.74. The number of rotatable bonds is 4. The van der Waals surface area contributed by atoms with Gasteiger partial charge in [-0.05, 0) is 18.2 Å². The highest BCUT2D eigenvalue weighted by atomic mass is 15.1. The SMILES string of the molecule is CNc1cccc(Nc2nccn3c(-c4cncn4C)cnc23)c1. The number of fused-ring (bicyclic) bond motifs is 1. The van der Waals surface area contributed by atoms with Gasteiger partial charge in [-0.1, -0.05) is 6.07 Å². The van der Waals surface area contributed by atoms with Gasteiger partial charge in [-0.15, -0.1) is 0 Å². The standard InChI is InChI=1S/C17H17N7/c1-18-12-4-3-5-13(8-12)22-16-17-21-10-15(24(17)7-6-20-16)14-9-19-11-23(14)2/h3-11,18H,1-2H3,(H,20,22). The second-order valence-corrected chi connectivity index (χ2v) is 5.46. The Morgan fingerprint density at radius 1 is 1.04 bits per heavy atom. The van der Waals surface area contributed by atoms with Crippen molar-refractivity contribution in [2.45, 2.75) is 0 Å². The van der Waals surface area contributed by atoms with E-state index in [4.69, 9.17) is 0 Å². The number of hydrogen-bond acceptors (Lipinski definition) is 5. The van der Waals surface area contributed by atoms with Crippen molar-refractivity contribution >= 4 is 22.8 Å². The Hall–Kier alpha value is -3.35. The van der Waals surface area contributed by atoms with Crippen molar-refractivity contribution < 1.29 is 0 Å². The van der Waals surface area contributed by atoms with Gasteiger partial charge in [0.2, 0.25) is 0 Å². The minimum absolute atomic E-state index is 0.708. The molecule has 3 aromatic heterocycles. The maximum absolute atomic E-state index is 4.54. The first kappa shape index (κ1) is 14.3. The van der Waals surface area contributed by atoms with Gasteiger partial charge in [0.05, 0.1) is 30.1 Å². The van der Waals surface area contributed by atoms with Crippen LogP contribution in [0.2, 0.25) is 0 Å². The van der Waals surface area contributed by atoms with Gasteiger partial charge in [0.15, 0.2) is 11.5 Å². The van der Waals surface area contributed by atoms with Crippen LogP contribution in [0.1, 0.15) is 0 Å². The third-order valence-electron chi connectivity index (χ3n) is 3.92. The molecule has 0 aliphatic rings. The number of aromatic nitrogens is 5. The monoisotopic (exact) mass is 319 g/mol. The van der Waals surface area contributed by atoms with Gasteiger partial charge < -0.3 is 15.2 Å². The Balaban J connectivity index is 1.77. The molecule has 0 saturated heterocycles. The zero-order chi connectivity index (χ0) is 16.5. The van der Waals surface area contributed by atoms with Crippen molar-refractivity contribution in [3.05, 3.63) is 55.4 Å². The first-order chi connectivity index (χ1) is 11.8. The molecule has 0 aliphatic carbocycles. The number of imidazole rings is 2. The minimum atomic E-state index is 0.708. The van der Waals surface area contributed by atoms with E-state index in [-0.39, 0.29) is 0 Å². The number of benzene rings is 1. The molecule has 1 aromatic carbocycles. The number of nitrogens with zero attached hydrogens (tertiary/aromatic N) is 5. The fraction of sp³-hybridized carbons (Fsp3) is 0.118. The lowest BCUT2D eigenvalue weighted by Gasteiger charge is -2.09. The maximum Gasteiger partial charge on any atom is 0.180 e. The van der Waals surface area contributed by atoms with Crippen molar-refractivity contribution in [3.63, 3.8) is 0 Å². The molecule has 0 amide bonds. The lowest BCUT2D eigenvalue weighted by Crippen LogP contribution is -2.00. The normalized spacial score (nSPS) is 10.9. The number of hydrogen-bond donors (Lipinski definition) is 2. The first-order valence-corrected chi connectivity index (χ1v) is 7.60. The van der Waals surface area contributed by atoms with E-state index in [0.717, 1.165) is 28.4 Å². The van der Waals surface area contributed by atoms with Gasteiger partial charge >= 0.3 is 0 Å². The number of aryl methyl sites for hydroxylation is 1. The van der Waals surface area contributed by atoms with E-state index in [0.29, 0.717) is 5.82 Å². The highest BCUT2D eigenvalue weighted by Gasteiger charge is 2.12. The van der Waals surface area contributed by atoms with E-state index in [1.165, 1.54) is 0 Å². The second-order valence-electron chi connectivity index (χ2n) is 5.46. The third-order valence-corrected chi connectivity index (χ3v) is 3.92. The van der Waals surface area contributed by atoms with Crippen molar-refractivity contribution in [1.82, 2.24) is 23.9 Å². The fourth-order valence-electron chi connectivity index (χ4n) is 2.69. The fourth-order valence-corrected chi connectivity index (χ4v) is 2.69. The summed E-state index contributed by atoms with van der Waals surface area (Å²) in [4.78, 5) is 13.2. The summed E-state index contributed by atoms with van der Waals surface area (Å²) in [6.45, 7) is 0. The lowest BCUT2D eigenvalue weighted by molar-refractivity contribution is 0.913. The van der Waals surface area contributed by atoms with Gasteiger partial charge in [-0.25, -0.2) is 15.0 Å². The van der Waals surface area contributed by atoms with Gasteiger partial charge in [0.25, 0.3) is 0 Å². The predicted octanol–water partition coefficient (Wildman–Crippen LogP) is 2.92. The van der Waals surface area contributed by atoms with E-state index >= 15 is 0 Å². The van der Waals surface area contributed by atoms with Crippen molar-refractivity contribution in [3.8, 4) is 11.4 Å². The summed E-state index contributed by atoms with van der Waals surface area (Å²) >= 11 is 0. The smallest absolute Gasteiger partial charge is 0.180 e. The van der Waals surface area contributed by atoms with Crippen LogP contribution in [0.25, 0.3) is 17.0 Å². The van der Waals surface area contributed by atoms with Gasteiger partial charge in [0.1, 0.15) is 0 Å². The maximum atomic E-state index is 4.54. The van der Waals surface area contributed by atoms with Crippen LogP contribution in [-0.2, 0) is 7.05 Å². The third kappa shape index (κ3) is 2.36. The summed E-state index contributed by atoms with van der Waals surface area (Å²) in [5.41, 5.74) is 4.72. The molecule has 0 radical (unpaired) electrons. The van der Waals surface area contributed by atoms with E-state index in [1.807, 2.05) is 65.9 Å². The summed E-state index contributed by atoms with van der Waals surface area (Å²) < 4.78 is 3.97. The van der Waals surface area contributed by atoms with Crippen LogP contribution in [0, 0.1) is 0 Å². The summed E-state index contributed by atoms with van der Waals surface area (Å²) in [6, 6.07) is 8.02. The minimum Gasteiger partial charge on any atom is -0.388 e. The van der Waals surface area contributed by atoms with E-state index < -0.39 is 0 Å². The predicted molar refractivity (Wildman–Crippen MR) is 94.5 cm³/mol. The van der Waals surface area contributed by atoms with Crippen molar-refractivity contribution in [2.24, 2.45) is 7.05 Å². The average Bonchev–Trinajstić information content (AvgIpc) is 3.21. The van der Waals surface area contributed by atoms with Crippen molar-refractivity contribution in [1.29, 1.82) is 0 Å². The van der Waals surface area contributed by atoms with Crippen LogP contribution >= 0.6 is 0 Å². The second kappa shape index (κ2) is 5.69. The van der Waals surface area contributed by atoms with E-state index in [1.54, 1.807) is 12.5 Å². The molecule has 7 heteroatoms. The number of nitrogens with one attached hydrogen (secondary N) is 2. The van der Waals surface area contributed by atoms with Crippen LogP contribution in [0.4, 0.5) is 17.2 Å². The van der Waals surface area contributed by atoms with Crippen LogP contribution in [0.15, 0.2) is 55.4 Å². The molecule has 2 N–H and O–H groups in total. The van der Waals surface area contributed by atoms with Crippen LogP contribution in [0.5, 0.6) is 0 Å². The lowest BCUT2D eigenvalue weighted by atomic mass is 10.3.